The van der Waals surface area contributed by atoms with Crippen LogP contribution in [-0.4, -0.2) is 55.0 Å². The Morgan fingerprint density at radius 3 is 2.46 bits per heavy atom. The van der Waals surface area contributed by atoms with Crippen molar-refractivity contribution in [3.63, 3.8) is 0 Å². The Labute approximate surface area is 142 Å². The lowest BCUT2D eigenvalue weighted by atomic mass is 10.1. The van der Waals surface area contributed by atoms with Crippen LogP contribution in [0.25, 0.3) is 0 Å². The quantitative estimate of drug-likeness (QED) is 0.906. The first-order chi connectivity index (χ1) is 11.5. The molecule has 130 valence electrons. The number of benzene rings is 1. The summed E-state index contributed by atoms with van der Waals surface area (Å²) in [5.41, 5.74) is 0.890. The highest BCUT2D eigenvalue weighted by atomic mass is 16.5. The number of amides is 2. The molecular formula is C18H25N3O3. The molecule has 6 heteroatoms. The largest absolute Gasteiger partial charge is 0.484 e. The molecule has 2 fully saturated rings. The minimum absolute atomic E-state index is 0.00833. The number of nitrogens with zero attached hydrogens (tertiary/aromatic N) is 2. The number of hydrogen-bond donors (Lipinski definition) is 1. The summed E-state index contributed by atoms with van der Waals surface area (Å²) < 4.78 is 5.62. The van der Waals surface area contributed by atoms with E-state index in [1.807, 2.05) is 29.2 Å². The van der Waals surface area contributed by atoms with Gasteiger partial charge in [0.05, 0.1) is 0 Å². The minimum Gasteiger partial charge on any atom is -0.484 e. The number of hydrogen-bond acceptors (Lipinski definition) is 4. The molecule has 1 aromatic rings. The van der Waals surface area contributed by atoms with Crippen molar-refractivity contribution in [2.45, 2.75) is 38.8 Å². The molecule has 0 radical (unpaired) electrons. The first kappa shape index (κ1) is 16.8. The summed E-state index contributed by atoms with van der Waals surface area (Å²) in [6, 6.07) is 7.98. The van der Waals surface area contributed by atoms with Crippen molar-refractivity contribution in [2.24, 2.45) is 0 Å². The van der Waals surface area contributed by atoms with Gasteiger partial charge in [0.25, 0.3) is 5.91 Å². The van der Waals surface area contributed by atoms with E-state index < -0.39 is 0 Å². The predicted molar refractivity (Wildman–Crippen MR) is 92.2 cm³/mol. The highest BCUT2D eigenvalue weighted by molar-refractivity contribution is 5.95. The molecule has 1 aromatic carbocycles. The molecule has 2 aliphatic heterocycles. The monoisotopic (exact) mass is 331 g/mol. The maximum atomic E-state index is 12.3. The van der Waals surface area contributed by atoms with Crippen LogP contribution in [0.4, 0.5) is 5.69 Å². The predicted octanol–water partition coefficient (Wildman–Crippen LogP) is 1.40. The van der Waals surface area contributed by atoms with E-state index in [4.69, 9.17) is 4.74 Å². The van der Waals surface area contributed by atoms with Crippen LogP contribution in [0.3, 0.4) is 0 Å². The van der Waals surface area contributed by atoms with Gasteiger partial charge in [0, 0.05) is 43.8 Å². The summed E-state index contributed by atoms with van der Waals surface area (Å²) in [7, 11) is 0. The molecule has 6 nitrogen and oxygen atoms in total. The number of nitrogens with one attached hydrogen (secondary N) is 1. The van der Waals surface area contributed by atoms with Gasteiger partial charge >= 0.3 is 0 Å². The lowest BCUT2D eigenvalue weighted by molar-refractivity contribution is -0.135. The topological polar surface area (TPSA) is 61.9 Å². The van der Waals surface area contributed by atoms with E-state index in [9.17, 15) is 9.59 Å². The number of carbonyl (C=O) groups excluding carboxylic acids is 2. The summed E-state index contributed by atoms with van der Waals surface area (Å²) >= 11 is 0. The number of ether oxygens (including phenoxy) is 1. The average Bonchev–Trinajstić information content (AvgIpc) is 2.98. The van der Waals surface area contributed by atoms with E-state index in [0.29, 0.717) is 37.3 Å². The molecule has 2 saturated heterocycles. The maximum absolute atomic E-state index is 12.3. The van der Waals surface area contributed by atoms with Gasteiger partial charge in [-0.3, -0.25) is 9.59 Å². The van der Waals surface area contributed by atoms with Crippen molar-refractivity contribution in [2.75, 3.05) is 31.1 Å². The SMILES string of the molecule is C[C@H]1CN(C(=O)COc2ccc(N3CCCC3=O)cc2)C[C@H](C)N1. The van der Waals surface area contributed by atoms with Crippen LogP contribution in [0.1, 0.15) is 26.7 Å². The van der Waals surface area contributed by atoms with Crippen LogP contribution in [0.2, 0.25) is 0 Å². The van der Waals surface area contributed by atoms with E-state index in [0.717, 1.165) is 18.7 Å². The Morgan fingerprint density at radius 1 is 1.21 bits per heavy atom. The second-order valence-corrected chi connectivity index (χ2v) is 6.70. The van der Waals surface area contributed by atoms with Gasteiger partial charge in [-0.15, -0.1) is 0 Å². The van der Waals surface area contributed by atoms with Crippen LogP contribution in [-0.2, 0) is 9.59 Å². The third-order valence-electron chi connectivity index (χ3n) is 4.49. The molecule has 3 rings (SSSR count). The van der Waals surface area contributed by atoms with Crippen LogP contribution in [0, 0.1) is 0 Å². The third-order valence-corrected chi connectivity index (χ3v) is 4.49. The van der Waals surface area contributed by atoms with Crippen molar-refractivity contribution in [3.8, 4) is 5.75 Å². The lowest BCUT2D eigenvalue weighted by Gasteiger charge is -2.36. The van der Waals surface area contributed by atoms with Crippen LogP contribution in [0.5, 0.6) is 5.75 Å². The second kappa shape index (κ2) is 7.21. The molecule has 0 unspecified atom stereocenters. The fourth-order valence-electron chi connectivity index (χ4n) is 3.41. The lowest BCUT2D eigenvalue weighted by Crippen LogP contribution is -2.56. The van der Waals surface area contributed by atoms with Crippen molar-refractivity contribution in [3.05, 3.63) is 24.3 Å². The molecule has 2 aliphatic rings. The number of piperazine rings is 1. The number of rotatable bonds is 4. The summed E-state index contributed by atoms with van der Waals surface area (Å²) in [6.45, 7) is 6.40. The second-order valence-electron chi connectivity index (χ2n) is 6.70. The third kappa shape index (κ3) is 3.87. The normalized spacial score (nSPS) is 24.3. The van der Waals surface area contributed by atoms with E-state index in [-0.39, 0.29) is 18.4 Å². The molecule has 2 atom stereocenters. The fraction of sp³-hybridized carbons (Fsp3) is 0.556. The molecule has 0 spiro atoms. The standard InChI is InChI=1S/C18H25N3O3/c1-13-10-20(11-14(2)19-13)18(23)12-24-16-7-5-15(6-8-16)21-9-3-4-17(21)22/h5-8,13-14,19H,3-4,9-12H2,1-2H3/t13-,14-/m0/s1. The van der Waals surface area contributed by atoms with Crippen LogP contribution >= 0.6 is 0 Å². The van der Waals surface area contributed by atoms with Crippen molar-refractivity contribution < 1.29 is 14.3 Å². The molecule has 24 heavy (non-hydrogen) atoms. The van der Waals surface area contributed by atoms with Gasteiger partial charge in [0.15, 0.2) is 6.61 Å². The zero-order valence-corrected chi connectivity index (χ0v) is 14.3. The first-order valence-corrected chi connectivity index (χ1v) is 8.60. The van der Waals surface area contributed by atoms with Gasteiger partial charge in [0.1, 0.15) is 5.75 Å². The van der Waals surface area contributed by atoms with E-state index in [1.54, 1.807) is 4.90 Å². The van der Waals surface area contributed by atoms with Gasteiger partial charge in [-0.2, -0.15) is 0 Å². The summed E-state index contributed by atoms with van der Waals surface area (Å²) in [4.78, 5) is 27.7. The average molecular weight is 331 g/mol. The van der Waals surface area contributed by atoms with Gasteiger partial charge in [-0.05, 0) is 44.5 Å². The Morgan fingerprint density at radius 2 is 1.88 bits per heavy atom. The summed E-state index contributed by atoms with van der Waals surface area (Å²) in [5.74, 6) is 0.824. The highest BCUT2D eigenvalue weighted by Gasteiger charge is 2.25. The smallest absolute Gasteiger partial charge is 0.260 e. The maximum Gasteiger partial charge on any atom is 0.260 e. The zero-order valence-electron chi connectivity index (χ0n) is 14.3. The Hall–Kier alpha value is -2.08. The molecule has 2 heterocycles. The molecule has 0 aromatic heterocycles. The van der Waals surface area contributed by atoms with Gasteiger partial charge in [0.2, 0.25) is 5.91 Å². The van der Waals surface area contributed by atoms with Crippen molar-refractivity contribution in [1.82, 2.24) is 10.2 Å². The Kier molecular flexibility index (Phi) is 5.04. The number of anilines is 1. The minimum atomic E-state index is 0.00833. The van der Waals surface area contributed by atoms with Gasteiger partial charge in [-0.1, -0.05) is 0 Å². The molecule has 0 aliphatic carbocycles. The summed E-state index contributed by atoms with van der Waals surface area (Å²) in [5, 5.41) is 3.41. The Bertz CT molecular complexity index is 592. The first-order valence-electron chi connectivity index (χ1n) is 8.60. The van der Waals surface area contributed by atoms with E-state index >= 15 is 0 Å². The van der Waals surface area contributed by atoms with Crippen LogP contribution in [0.15, 0.2) is 24.3 Å². The van der Waals surface area contributed by atoms with Crippen molar-refractivity contribution in [1.29, 1.82) is 0 Å². The van der Waals surface area contributed by atoms with E-state index in [2.05, 4.69) is 19.2 Å². The Balaban J connectivity index is 1.53. The molecule has 1 N–H and O–H groups in total. The molecular weight excluding hydrogens is 306 g/mol. The number of carbonyl (C=O) groups is 2. The van der Waals surface area contributed by atoms with E-state index in [1.165, 1.54) is 0 Å². The van der Waals surface area contributed by atoms with Crippen LogP contribution < -0.4 is 15.0 Å². The fourth-order valence-corrected chi connectivity index (χ4v) is 3.41. The molecule has 2 amide bonds. The zero-order chi connectivity index (χ0) is 17.1. The van der Waals surface area contributed by atoms with Gasteiger partial charge in [-0.25, -0.2) is 0 Å². The van der Waals surface area contributed by atoms with Gasteiger partial charge < -0.3 is 19.9 Å². The molecule has 0 bridgehead atoms. The molecule has 0 saturated carbocycles. The summed E-state index contributed by atoms with van der Waals surface area (Å²) in [6.07, 6.45) is 1.53. The van der Waals surface area contributed by atoms with Crippen molar-refractivity contribution >= 4 is 17.5 Å². The highest BCUT2D eigenvalue weighted by Crippen LogP contribution is 2.23.